The molecule has 3 aromatic carbocycles. The third-order valence-corrected chi connectivity index (χ3v) is 5.66. The highest BCUT2D eigenvalue weighted by molar-refractivity contribution is 6.30. The fourth-order valence-corrected chi connectivity index (χ4v) is 4.08. The number of aryl methyl sites for hydroxylation is 2. The lowest BCUT2D eigenvalue weighted by Crippen LogP contribution is -2.20. The highest BCUT2D eigenvalue weighted by Crippen LogP contribution is 2.39. The van der Waals surface area contributed by atoms with Crippen LogP contribution in [0.4, 0.5) is 11.4 Å². The summed E-state index contributed by atoms with van der Waals surface area (Å²) in [6.07, 6.45) is 4.04. The number of anilines is 2. The molecule has 0 aromatic heterocycles. The van der Waals surface area contributed by atoms with Gasteiger partial charge in [0.25, 0.3) is 0 Å². The molecule has 0 saturated heterocycles. The van der Waals surface area contributed by atoms with Crippen LogP contribution < -0.4 is 15.4 Å². The van der Waals surface area contributed by atoms with Gasteiger partial charge in [0.2, 0.25) is 0 Å². The van der Waals surface area contributed by atoms with E-state index >= 15 is 0 Å². The molecular weight excluding hydrogens is 380 g/mol. The van der Waals surface area contributed by atoms with Crippen LogP contribution in [0.3, 0.4) is 0 Å². The van der Waals surface area contributed by atoms with E-state index in [-0.39, 0.29) is 0 Å². The van der Waals surface area contributed by atoms with Crippen LogP contribution >= 0.6 is 11.6 Å². The first-order valence-electron chi connectivity index (χ1n) is 10.3. The van der Waals surface area contributed by atoms with Gasteiger partial charge in [0.05, 0.1) is 0 Å². The van der Waals surface area contributed by atoms with Gasteiger partial charge < -0.3 is 15.4 Å². The second-order valence-corrected chi connectivity index (χ2v) is 7.92. The molecule has 0 bridgehead atoms. The van der Waals surface area contributed by atoms with E-state index in [4.69, 9.17) is 22.1 Å². The molecule has 3 nitrogen and oxygen atoms in total. The monoisotopic (exact) mass is 406 g/mol. The third-order valence-electron chi connectivity index (χ3n) is 5.43. The van der Waals surface area contributed by atoms with Crippen molar-refractivity contribution in [2.24, 2.45) is 5.73 Å². The first-order chi connectivity index (χ1) is 14.2. The van der Waals surface area contributed by atoms with Gasteiger partial charge in [-0.1, -0.05) is 48.0 Å². The molecule has 0 radical (unpaired) electrons. The number of rotatable bonds is 7. The minimum absolute atomic E-state index is 0.579. The smallest absolute Gasteiger partial charge is 0.120 e. The van der Waals surface area contributed by atoms with Crippen LogP contribution in [0.15, 0.2) is 66.7 Å². The minimum atomic E-state index is 0.579. The van der Waals surface area contributed by atoms with Crippen LogP contribution in [0.2, 0.25) is 5.02 Å². The normalized spacial score (nSPS) is 12.8. The van der Waals surface area contributed by atoms with Crippen molar-refractivity contribution in [3.8, 4) is 5.75 Å². The Hall–Kier alpha value is -2.49. The number of unbranched alkanes of at least 4 members (excludes halogenated alkanes) is 1. The minimum Gasteiger partial charge on any atom is -0.489 e. The molecule has 0 unspecified atom stereocenters. The average Bonchev–Trinajstić information content (AvgIpc) is 2.90. The standard InChI is InChI=1S/C25H27ClN2O/c26-22-11-10-20-8-9-21-16-23(29-18-19-6-2-1-3-7-19)12-13-24(21)28(25(20)17-22)15-5-4-14-27/h1-3,6-7,10-13,16-17H,4-5,8-9,14-15,18,27H2. The molecule has 1 aliphatic heterocycles. The van der Waals surface area contributed by atoms with E-state index in [2.05, 4.69) is 47.4 Å². The van der Waals surface area contributed by atoms with E-state index in [1.54, 1.807) is 0 Å². The molecule has 0 amide bonds. The maximum absolute atomic E-state index is 6.34. The highest BCUT2D eigenvalue weighted by atomic mass is 35.5. The number of nitrogens with two attached hydrogens (primary N) is 1. The summed E-state index contributed by atoms with van der Waals surface area (Å²) in [7, 11) is 0. The lowest BCUT2D eigenvalue weighted by Gasteiger charge is -2.27. The molecule has 0 fully saturated rings. The zero-order valence-corrected chi connectivity index (χ0v) is 17.4. The lowest BCUT2D eigenvalue weighted by atomic mass is 10.0. The first-order valence-corrected chi connectivity index (χ1v) is 10.7. The third kappa shape index (κ3) is 4.75. The summed E-state index contributed by atoms with van der Waals surface area (Å²) >= 11 is 6.34. The Morgan fingerprint density at radius 3 is 2.52 bits per heavy atom. The van der Waals surface area contributed by atoms with E-state index in [9.17, 15) is 0 Å². The Balaban J connectivity index is 1.61. The van der Waals surface area contributed by atoms with Crippen molar-refractivity contribution in [1.82, 2.24) is 0 Å². The highest BCUT2D eigenvalue weighted by Gasteiger charge is 2.21. The van der Waals surface area contributed by atoms with Crippen molar-refractivity contribution in [1.29, 1.82) is 0 Å². The van der Waals surface area contributed by atoms with Crippen LogP contribution in [-0.4, -0.2) is 13.1 Å². The molecule has 4 rings (SSSR count). The summed E-state index contributed by atoms with van der Waals surface area (Å²) in [5.74, 6) is 0.915. The van der Waals surface area contributed by atoms with E-state index in [1.807, 2.05) is 24.3 Å². The van der Waals surface area contributed by atoms with Gasteiger partial charge in [-0.05, 0) is 79.3 Å². The molecule has 1 heterocycles. The van der Waals surface area contributed by atoms with Crippen molar-refractivity contribution >= 4 is 23.0 Å². The fourth-order valence-electron chi connectivity index (χ4n) is 3.91. The molecule has 0 spiro atoms. The molecule has 0 aliphatic carbocycles. The van der Waals surface area contributed by atoms with Gasteiger partial charge >= 0.3 is 0 Å². The summed E-state index contributed by atoms with van der Waals surface area (Å²) in [5.41, 5.74) is 12.0. The number of halogens is 1. The van der Waals surface area contributed by atoms with E-state index in [1.165, 1.54) is 28.1 Å². The molecule has 3 aromatic rings. The second-order valence-electron chi connectivity index (χ2n) is 7.49. The molecule has 1 aliphatic rings. The second kappa shape index (κ2) is 9.34. The number of ether oxygens (including phenoxy) is 1. The number of nitrogens with zero attached hydrogens (tertiary/aromatic N) is 1. The maximum Gasteiger partial charge on any atom is 0.120 e. The topological polar surface area (TPSA) is 38.5 Å². The molecule has 0 saturated carbocycles. The van der Waals surface area contributed by atoms with Crippen molar-refractivity contribution in [2.75, 3.05) is 18.0 Å². The Morgan fingerprint density at radius 2 is 1.69 bits per heavy atom. The first kappa shape index (κ1) is 19.8. The maximum atomic E-state index is 6.34. The van der Waals surface area contributed by atoms with Crippen molar-refractivity contribution in [3.63, 3.8) is 0 Å². The van der Waals surface area contributed by atoms with E-state index < -0.39 is 0 Å². The lowest BCUT2D eigenvalue weighted by molar-refractivity contribution is 0.306. The Bertz CT molecular complexity index is 958. The predicted molar refractivity (Wildman–Crippen MR) is 121 cm³/mol. The fraction of sp³-hybridized carbons (Fsp3) is 0.280. The summed E-state index contributed by atoms with van der Waals surface area (Å²) in [6.45, 7) is 2.23. The van der Waals surface area contributed by atoms with Crippen LogP contribution in [0.5, 0.6) is 5.75 Å². The van der Waals surface area contributed by atoms with Gasteiger partial charge in [0.15, 0.2) is 0 Å². The molecular formula is C25H27ClN2O. The van der Waals surface area contributed by atoms with Crippen LogP contribution in [0.1, 0.15) is 29.5 Å². The predicted octanol–water partition coefficient (Wildman–Crippen LogP) is 5.89. The quantitative estimate of drug-likeness (QED) is 0.497. The van der Waals surface area contributed by atoms with Crippen LogP contribution in [0.25, 0.3) is 0 Å². The zero-order chi connectivity index (χ0) is 20.1. The van der Waals surface area contributed by atoms with Crippen LogP contribution in [0, 0.1) is 0 Å². The summed E-state index contributed by atoms with van der Waals surface area (Å²) in [5, 5.41) is 0.777. The molecule has 0 atom stereocenters. The summed E-state index contributed by atoms with van der Waals surface area (Å²) in [4.78, 5) is 2.40. The van der Waals surface area contributed by atoms with Gasteiger partial charge in [0.1, 0.15) is 12.4 Å². The Labute approximate surface area is 178 Å². The summed E-state index contributed by atoms with van der Waals surface area (Å²) < 4.78 is 6.07. The Kier molecular flexibility index (Phi) is 6.38. The molecule has 4 heteroatoms. The van der Waals surface area contributed by atoms with Gasteiger partial charge in [-0.2, -0.15) is 0 Å². The van der Waals surface area contributed by atoms with Gasteiger partial charge in [-0.15, -0.1) is 0 Å². The van der Waals surface area contributed by atoms with Gasteiger partial charge in [-0.3, -0.25) is 0 Å². The Morgan fingerprint density at radius 1 is 0.862 bits per heavy atom. The van der Waals surface area contributed by atoms with Crippen LogP contribution in [-0.2, 0) is 19.4 Å². The number of benzene rings is 3. The molecule has 29 heavy (non-hydrogen) atoms. The molecule has 150 valence electrons. The van der Waals surface area contributed by atoms with Crippen molar-refractivity contribution < 1.29 is 4.74 Å². The van der Waals surface area contributed by atoms with E-state index in [0.717, 1.165) is 49.5 Å². The largest absolute Gasteiger partial charge is 0.489 e. The number of fused-ring (bicyclic) bond motifs is 2. The van der Waals surface area contributed by atoms with Gasteiger partial charge in [0, 0.05) is 22.9 Å². The number of hydrogen-bond acceptors (Lipinski definition) is 3. The van der Waals surface area contributed by atoms with E-state index in [0.29, 0.717) is 6.61 Å². The van der Waals surface area contributed by atoms with Gasteiger partial charge in [-0.25, -0.2) is 0 Å². The average molecular weight is 407 g/mol. The van der Waals surface area contributed by atoms with Crippen molar-refractivity contribution in [3.05, 3.63) is 88.4 Å². The number of hydrogen-bond donors (Lipinski definition) is 1. The summed E-state index contributed by atoms with van der Waals surface area (Å²) in [6, 6.07) is 23.0. The zero-order valence-electron chi connectivity index (χ0n) is 16.6. The van der Waals surface area contributed by atoms with Crippen molar-refractivity contribution in [2.45, 2.75) is 32.3 Å². The SMILES string of the molecule is NCCCCN1c2ccc(OCc3ccccc3)cc2CCc2ccc(Cl)cc21. The molecule has 2 N–H and O–H groups in total.